The Morgan fingerprint density at radius 1 is 0.921 bits per heavy atom. The zero-order chi connectivity index (χ0) is 28.8. The van der Waals surface area contributed by atoms with Crippen LogP contribution in [0.2, 0.25) is 0 Å². The van der Waals surface area contributed by atoms with Gasteiger partial charge in [-0.05, 0) is 73.4 Å². The van der Waals surface area contributed by atoms with Gasteiger partial charge in [-0.15, -0.1) is 0 Å². The summed E-state index contributed by atoms with van der Waals surface area (Å²) in [6, 6.07) is 12.1. The van der Waals surface area contributed by atoms with Crippen molar-refractivity contribution in [2.45, 2.75) is 98.0 Å². The number of carbonyl (C=O) groups excluding carboxylic acids is 3. The highest BCUT2D eigenvalue weighted by Crippen LogP contribution is 2.36. The Morgan fingerprint density at radius 3 is 2.05 bits per heavy atom. The monoisotopic (exact) mass is 525 g/mol. The predicted molar refractivity (Wildman–Crippen MR) is 149 cm³/mol. The zero-order valence-electron chi connectivity index (χ0n) is 24.1. The molecule has 0 saturated heterocycles. The minimum absolute atomic E-state index is 0.0573. The molecule has 2 rings (SSSR count). The first-order valence-electron chi connectivity index (χ1n) is 13.0. The van der Waals surface area contributed by atoms with Crippen LogP contribution in [0.3, 0.4) is 0 Å². The summed E-state index contributed by atoms with van der Waals surface area (Å²) in [6.07, 6.45) is -0.550. The number of carbonyl (C=O) groups is 3. The van der Waals surface area contributed by atoms with Crippen LogP contribution >= 0.6 is 0 Å². The highest BCUT2D eigenvalue weighted by molar-refractivity contribution is 5.93. The number of para-hydroxylation sites is 1. The molecule has 0 fully saturated rings. The first-order chi connectivity index (χ1) is 17.5. The molecule has 0 radical (unpaired) electrons. The molecule has 208 valence electrons. The van der Waals surface area contributed by atoms with Crippen LogP contribution in [-0.4, -0.2) is 51.1 Å². The fourth-order valence-corrected chi connectivity index (χ4v) is 4.18. The van der Waals surface area contributed by atoms with E-state index in [-0.39, 0.29) is 18.2 Å². The van der Waals surface area contributed by atoms with Gasteiger partial charge in [0.1, 0.15) is 23.4 Å². The summed E-state index contributed by atoms with van der Waals surface area (Å²) >= 11 is 0. The minimum Gasteiger partial charge on any atom is -0.507 e. The molecule has 0 spiro atoms. The Labute approximate surface area is 226 Å². The minimum atomic E-state index is -1.15. The second-order valence-electron chi connectivity index (χ2n) is 11.8. The van der Waals surface area contributed by atoms with Gasteiger partial charge in [0.25, 0.3) is 0 Å². The maximum Gasteiger partial charge on any atom is 0.408 e. The SMILES string of the molecule is Cc1cccc(C(C(=O)NC(C)C)N(C(=O)C(Cc2ccccc2)NC(=O)OC(C)(C)C)C(C)(C)C)c1O. The number of benzene rings is 2. The summed E-state index contributed by atoms with van der Waals surface area (Å²) in [5.41, 5.74) is 0.0937. The van der Waals surface area contributed by atoms with Gasteiger partial charge in [-0.3, -0.25) is 9.59 Å². The molecule has 2 atom stereocenters. The lowest BCUT2D eigenvalue weighted by atomic mass is 9.92. The average molecular weight is 526 g/mol. The van der Waals surface area contributed by atoms with Crippen LogP contribution in [0.4, 0.5) is 4.79 Å². The molecule has 0 aromatic heterocycles. The van der Waals surface area contributed by atoms with Crippen LogP contribution in [0.1, 0.15) is 78.1 Å². The number of amides is 3. The molecular formula is C30H43N3O5. The van der Waals surface area contributed by atoms with E-state index in [9.17, 15) is 19.5 Å². The Bertz CT molecular complexity index is 1120. The highest BCUT2D eigenvalue weighted by Gasteiger charge is 2.43. The van der Waals surface area contributed by atoms with Crippen LogP contribution in [-0.2, 0) is 20.7 Å². The van der Waals surface area contributed by atoms with Crippen molar-refractivity contribution in [3.8, 4) is 5.75 Å². The number of hydrogen-bond donors (Lipinski definition) is 3. The molecular weight excluding hydrogens is 482 g/mol. The topological polar surface area (TPSA) is 108 Å². The number of nitrogens with zero attached hydrogens (tertiary/aromatic N) is 1. The summed E-state index contributed by atoms with van der Waals surface area (Å²) in [6.45, 7) is 16.1. The third kappa shape index (κ3) is 8.50. The Kier molecular flexibility index (Phi) is 9.95. The fraction of sp³-hybridized carbons (Fsp3) is 0.500. The average Bonchev–Trinajstić information content (AvgIpc) is 2.77. The smallest absolute Gasteiger partial charge is 0.408 e. The van der Waals surface area contributed by atoms with Gasteiger partial charge < -0.3 is 25.4 Å². The standard InChI is InChI=1S/C30H43N3O5/c1-19(2)31-26(35)24(22-17-13-14-20(3)25(22)34)33(29(4,5)6)27(36)23(18-21-15-11-10-12-16-21)32-28(37)38-30(7,8)9/h10-17,19,23-24,34H,18H2,1-9H3,(H,31,35)(H,32,37). The molecule has 0 bridgehead atoms. The van der Waals surface area contributed by atoms with Gasteiger partial charge in [-0.2, -0.15) is 0 Å². The van der Waals surface area contributed by atoms with E-state index in [0.717, 1.165) is 5.56 Å². The molecule has 8 heteroatoms. The lowest BCUT2D eigenvalue weighted by Crippen LogP contribution is -2.59. The number of rotatable bonds is 8. The number of ether oxygens (including phenoxy) is 1. The summed E-state index contributed by atoms with van der Waals surface area (Å²) in [4.78, 5) is 42.3. The van der Waals surface area contributed by atoms with Crippen molar-refractivity contribution in [1.82, 2.24) is 15.5 Å². The number of nitrogens with one attached hydrogen (secondary N) is 2. The van der Waals surface area contributed by atoms with Gasteiger partial charge in [0, 0.05) is 23.6 Å². The van der Waals surface area contributed by atoms with Gasteiger partial charge in [-0.25, -0.2) is 4.79 Å². The third-order valence-electron chi connectivity index (χ3n) is 5.73. The molecule has 3 N–H and O–H groups in total. The van der Waals surface area contributed by atoms with Crippen molar-refractivity contribution in [3.05, 3.63) is 65.2 Å². The Balaban J connectivity index is 2.65. The van der Waals surface area contributed by atoms with Gasteiger partial charge in [0.05, 0.1) is 0 Å². The molecule has 3 amide bonds. The van der Waals surface area contributed by atoms with Crippen LogP contribution in [0.15, 0.2) is 48.5 Å². The van der Waals surface area contributed by atoms with Crippen LogP contribution in [0, 0.1) is 6.92 Å². The van der Waals surface area contributed by atoms with Gasteiger partial charge in [0.2, 0.25) is 11.8 Å². The first-order valence-corrected chi connectivity index (χ1v) is 13.0. The summed E-state index contributed by atoms with van der Waals surface area (Å²) in [5, 5.41) is 16.6. The van der Waals surface area contributed by atoms with E-state index in [4.69, 9.17) is 4.74 Å². The number of phenolic OH excluding ortho intramolecular Hbond substituents is 1. The molecule has 0 saturated carbocycles. The number of aryl methyl sites for hydroxylation is 1. The normalized spacial score (nSPS) is 13.4. The predicted octanol–water partition coefficient (Wildman–Crippen LogP) is 5.03. The quantitative estimate of drug-likeness (QED) is 0.448. The van der Waals surface area contributed by atoms with Gasteiger partial charge >= 0.3 is 6.09 Å². The number of aromatic hydroxyl groups is 1. The summed E-state index contributed by atoms with van der Waals surface area (Å²) < 4.78 is 5.46. The van der Waals surface area contributed by atoms with Crippen LogP contribution in [0.5, 0.6) is 5.75 Å². The lowest BCUT2D eigenvalue weighted by molar-refractivity contribution is -0.148. The molecule has 2 aromatic rings. The van der Waals surface area contributed by atoms with Crippen molar-refractivity contribution >= 4 is 17.9 Å². The third-order valence-corrected chi connectivity index (χ3v) is 5.73. The largest absolute Gasteiger partial charge is 0.507 e. The van der Waals surface area contributed by atoms with E-state index in [0.29, 0.717) is 11.1 Å². The van der Waals surface area contributed by atoms with Gasteiger partial charge in [-0.1, -0.05) is 48.5 Å². The maximum absolute atomic E-state index is 14.4. The van der Waals surface area contributed by atoms with Crippen molar-refractivity contribution in [2.24, 2.45) is 0 Å². The van der Waals surface area contributed by atoms with E-state index in [1.807, 2.05) is 65.0 Å². The van der Waals surface area contributed by atoms with E-state index >= 15 is 0 Å². The lowest BCUT2D eigenvalue weighted by Gasteiger charge is -2.43. The molecule has 2 aromatic carbocycles. The fourth-order valence-electron chi connectivity index (χ4n) is 4.18. The molecule has 0 aliphatic carbocycles. The highest BCUT2D eigenvalue weighted by atomic mass is 16.6. The molecule has 38 heavy (non-hydrogen) atoms. The summed E-state index contributed by atoms with van der Waals surface area (Å²) in [5.74, 6) is -0.963. The zero-order valence-corrected chi connectivity index (χ0v) is 24.1. The maximum atomic E-state index is 14.4. The number of hydrogen-bond acceptors (Lipinski definition) is 5. The van der Waals surface area contributed by atoms with Crippen LogP contribution < -0.4 is 10.6 Å². The van der Waals surface area contributed by atoms with Crippen molar-refractivity contribution in [2.75, 3.05) is 0 Å². The Hall–Kier alpha value is -3.55. The molecule has 8 nitrogen and oxygen atoms in total. The van der Waals surface area contributed by atoms with E-state index < -0.39 is 41.1 Å². The van der Waals surface area contributed by atoms with Crippen LogP contribution in [0.25, 0.3) is 0 Å². The van der Waals surface area contributed by atoms with Crippen molar-refractivity contribution in [3.63, 3.8) is 0 Å². The van der Waals surface area contributed by atoms with E-state index in [2.05, 4.69) is 10.6 Å². The molecule has 0 heterocycles. The first kappa shape index (κ1) is 30.7. The molecule has 2 unspecified atom stereocenters. The second kappa shape index (κ2) is 12.3. The second-order valence-corrected chi connectivity index (χ2v) is 11.8. The van der Waals surface area contributed by atoms with Gasteiger partial charge in [0.15, 0.2) is 0 Å². The number of alkyl carbamates (subject to hydrolysis) is 1. The van der Waals surface area contributed by atoms with E-state index in [1.165, 1.54) is 4.90 Å². The summed E-state index contributed by atoms with van der Waals surface area (Å²) in [7, 11) is 0. The number of phenols is 1. The molecule has 0 aliphatic rings. The van der Waals surface area contributed by atoms with Crippen molar-refractivity contribution in [1.29, 1.82) is 0 Å². The Morgan fingerprint density at radius 2 is 1.53 bits per heavy atom. The molecule has 0 aliphatic heterocycles. The van der Waals surface area contributed by atoms with E-state index in [1.54, 1.807) is 45.9 Å². The van der Waals surface area contributed by atoms with Crippen molar-refractivity contribution < 1.29 is 24.2 Å².